The highest BCUT2D eigenvalue weighted by atomic mass is 16.4. The molecule has 1 aromatic heterocycles. The van der Waals surface area contributed by atoms with Gasteiger partial charge in [-0.1, -0.05) is 36.4 Å². The largest absolute Gasteiger partial charge is 0.467 e. The standard InChI is InChI=1S/C15H16O2/c1-2-7-13(12-8-4-3-5-9-12)15(16)14-10-6-11-17-14/h2-6,8-11,13,15-16H,1,7H2. The Morgan fingerprint density at radius 1 is 1.18 bits per heavy atom. The van der Waals surface area contributed by atoms with Crippen molar-refractivity contribution in [2.75, 3.05) is 0 Å². The lowest BCUT2D eigenvalue weighted by Crippen LogP contribution is -2.09. The lowest BCUT2D eigenvalue weighted by molar-refractivity contribution is 0.120. The number of benzene rings is 1. The van der Waals surface area contributed by atoms with E-state index in [1.165, 1.54) is 0 Å². The van der Waals surface area contributed by atoms with Gasteiger partial charge in [0.25, 0.3) is 0 Å². The van der Waals surface area contributed by atoms with Gasteiger partial charge < -0.3 is 9.52 Å². The van der Waals surface area contributed by atoms with Crippen LogP contribution in [0.2, 0.25) is 0 Å². The van der Waals surface area contributed by atoms with Crippen molar-refractivity contribution in [2.45, 2.75) is 18.4 Å². The van der Waals surface area contributed by atoms with E-state index in [2.05, 4.69) is 6.58 Å². The number of hydrogen-bond donors (Lipinski definition) is 1. The summed E-state index contributed by atoms with van der Waals surface area (Å²) >= 11 is 0. The molecule has 0 fully saturated rings. The molecule has 0 amide bonds. The number of aliphatic hydroxyl groups excluding tert-OH is 1. The third kappa shape index (κ3) is 2.66. The zero-order valence-electron chi connectivity index (χ0n) is 9.62. The zero-order chi connectivity index (χ0) is 12.1. The topological polar surface area (TPSA) is 33.4 Å². The summed E-state index contributed by atoms with van der Waals surface area (Å²) in [5.74, 6) is 0.584. The van der Waals surface area contributed by atoms with Crippen molar-refractivity contribution in [1.29, 1.82) is 0 Å². The predicted octanol–water partition coefficient (Wildman–Crippen LogP) is 3.67. The molecular weight excluding hydrogens is 212 g/mol. The smallest absolute Gasteiger partial charge is 0.132 e. The van der Waals surface area contributed by atoms with E-state index in [0.717, 1.165) is 5.56 Å². The summed E-state index contributed by atoms with van der Waals surface area (Å²) in [5.41, 5.74) is 1.09. The minimum absolute atomic E-state index is 0.0140. The van der Waals surface area contributed by atoms with Gasteiger partial charge in [-0.2, -0.15) is 0 Å². The second kappa shape index (κ2) is 5.51. The maximum Gasteiger partial charge on any atom is 0.132 e. The second-order valence-electron chi connectivity index (χ2n) is 4.00. The molecule has 88 valence electrons. The quantitative estimate of drug-likeness (QED) is 0.792. The van der Waals surface area contributed by atoms with Gasteiger partial charge in [-0.05, 0) is 24.1 Å². The van der Waals surface area contributed by atoms with E-state index >= 15 is 0 Å². The van der Waals surface area contributed by atoms with E-state index in [4.69, 9.17) is 4.42 Å². The van der Waals surface area contributed by atoms with Crippen LogP contribution >= 0.6 is 0 Å². The van der Waals surface area contributed by atoms with Crippen molar-refractivity contribution in [3.8, 4) is 0 Å². The Bertz CT molecular complexity index is 445. The van der Waals surface area contributed by atoms with Gasteiger partial charge in [0.05, 0.1) is 6.26 Å². The van der Waals surface area contributed by atoms with Crippen LogP contribution in [0.1, 0.15) is 29.8 Å². The molecule has 2 nitrogen and oxygen atoms in total. The van der Waals surface area contributed by atoms with Gasteiger partial charge in [0.15, 0.2) is 0 Å². The van der Waals surface area contributed by atoms with Gasteiger partial charge >= 0.3 is 0 Å². The average molecular weight is 228 g/mol. The molecule has 2 aromatic rings. The first-order valence-electron chi connectivity index (χ1n) is 5.70. The van der Waals surface area contributed by atoms with E-state index < -0.39 is 6.10 Å². The van der Waals surface area contributed by atoms with E-state index in [1.54, 1.807) is 18.4 Å². The maximum atomic E-state index is 10.3. The molecule has 2 rings (SSSR count). The number of furan rings is 1. The minimum Gasteiger partial charge on any atom is -0.467 e. The lowest BCUT2D eigenvalue weighted by Gasteiger charge is -2.20. The average Bonchev–Trinajstić information content (AvgIpc) is 2.90. The Labute approximate surface area is 101 Å². The summed E-state index contributed by atoms with van der Waals surface area (Å²) in [7, 11) is 0. The van der Waals surface area contributed by atoms with Crippen molar-refractivity contribution in [1.82, 2.24) is 0 Å². The van der Waals surface area contributed by atoms with Crippen molar-refractivity contribution in [3.63, 3.8) is 0 Å². The second-order valence-corrected chi connectivity index (χ2v) is 4.00. The van der Waals surface area contributed by atoms with Crippen LogP contribution in [-0.2, 0) is 0 Å². The lowest BCUT2D eigenvalue weighted by atomic mass is 9.89. The Balaban J connectivity index is 2.26. The number of rotatable bonds is 5. The molecule has 0 spiro atoms. The van der Waals surface area contributed by atoms with E-state index in [-0.39, 0.29) is 5.92 Å². The fourth-order valence-corrected chi connectivity index (χ4v) is 1.98. The van der Waals surface area contributed by atoms with Gasteiger partial charge in [0.1, 0.15) is 11.9 Å². The first-order valence-corrected chi connectivity index (χ1v) is 5.70. The molecule has 1 heterocycles. The molecule has 2 heteroatoms. The molecule has 2 atom stereocenters. The van der Waals surface area contributed by atoms with Gasteiger partial charge in [0.2, 0.25) is 0 Å². The molecule has 0 aliphatic carbocycles. The van der Waals surface area contributed by atoms with Crippen molar-refractivity contribution in [2.24, 2.45) is 0 Å². The number of hydrogen-bond acceptors (Lipinski definition) is 2. The zero-order valence-corrected chi connectivity index (χ0v) is 9.62. The van der Waals surface area contributed by atoms with Gasteiger partial charge in [-0.3, -0.25) is 0 Å². The maximum absolute atomic E-state index is 10.3. The normalized spacial score (nSPS) is 14.2. The summed E-state index contributed by atoms with van der Waals surface area (Å²) in [6, 6.07) is 13.5. The van der Waals surface area contributed by atoms with Crippen LogP contribution in [0.15, 0.2) is 65.8 Å². The van der Waals surface area contributed by atoms with Crippen LogP contribution in [0.4, 0.5) is 0 Å². The Kier molecular flexibility index (Phi) is 3.78. The summed E-state index contributed by atoms with van der Waals surface area (Å²) in [5, 5.41) is 10.3. The van der Waals surface area contributed by atoms with Gasteiger partial charge in [-0.15, -0.1) is 6.58 Å². The van der Waals surface area contributed by atoms with Crippen LogP contribution in [0.5, 0.6) is 0 Å². The highest BCUT2D eigenvalue weighted by molar-refractivity contribution is 5.23. The Hall–Kier alpha value is -1.80. The van der Waals surface area contributed by atoms with Gasteiger partial charge in [-0.25, -0.2) is 0 Å². The third-order valence-corrected chi connectivity index (χ3v) is 2.86. The van der Waals surface area contributed by atoms with E-state index in [9.17, 15) is 5.11 Å². The first kappa shape index (κ1) is 11.7. The minimum atomic E-state index is -0.634. The van der Waals surface area contributed by atoms with E-state index in [1.807, 2.05) is 36.4 Å². The molecular formula is C15H16O2. The predicted molar refractivity (Wildman–Crippen MR) is 67.7 cm³/mol. The molecule has 1 aromatic carbocycles. The molecule has 17 heavy (non-hydrogen) atoms. The highest BCUT2D eigenvalue weighted by Crippen LogP contribution is 2.33. The van der Waals surface area contributed by atoms with Crippen LogP contribution in [-0.4, -0.2) is 5.11 Å². The van der Waals surface area contributed by atoms with Crippen LogP contribution < -0.4 is 0 Å². The van der Waals surface area contributed by atoms with Crippen molar-refractivity contribution >= 4 is 0 Å². The highest BCUT2D eigenvalue weighted by Gasteiger charge is 2.23. The Morgan fingerprint density at radius 3 is 2.53 bits per heavy atom. The Morgan fingerprint density at radius 2 is 1.94 bits per heavy atom. The van der Waals surface area contributed by atoms with Crippen LogP contribution in [0, 0.1) is 0 Å². The first-order chi connectivity index (χ1) is 8.33. The summed E-state index contributed by atoms with van der Waals surface area (Å²) < 4.78 is 5.26. The fraction of sp³-hybridized carbons (Fsp3) is 0.200. The number of aliphatic hydroxyl groups is 1. The van der Waals surface area contributed by atoms with Crippen molar-refractivity contribution < 1.29 is 9.52 Å². The molecule has 0 aliphatic heterocycles. The monoisotopic (exact) mass is 228 g/mol. The molecule has 0 aliphatic rings. The number of allylic oxidation sites excluding steroid dienone is 1. The van der Waals surface area contributed by atoms with E-state index in [0.29, 0.717) is 12.2 Å². The summed E-state index contributed by atoms with van der Waals surface area (Å²) in [6.07, 6.45) is 3.48. The van der Waals surface area contributed by atoms with Crippen LogP contribution in [0.25, 0.3) is 0 Å². The molecule has 0 bridgehead atoms. The fourth-order valence-electron chi connectivity index (χ4n) is 1.98. The van der Waals surface area contributed by atoms with Gasteiger partial charge in [0, 0.05) is 5.92 Å². The summed E-state index contributed by atoms with van der Waals surface area (Å²) in [6.45, 7) is 3.75. The molecule has 0 saturated heterocycles. The molecule has 1 N–H and O–H groups in total. The molecule has 2 unspecified atom stereocenters. The third-order valence-electron chi connectivity index (χ3n) is 2.86. The van der Waals surface area contributed by atoms with Crippen molar-refractivity contribution in [3.05, 3.63) is 72.7 Å². The SMILES string of the molecule is C=CCC(c1ccccc1)C(O)c1ccco1. The van der Waals surface area contributed by atoms with Crippen LogP contribution in [0.3, 0.4) is 0 Å². The summed E-state index contributed by atoms with van der Waals surface area (Å²) in [4.78, 5) is 0. The molecule has 0 saturated carbocycles. The molecule has 0 radical (unpaired) electrons.